The molecule has 0 atom stereocenters. The van der Waals surface area contributed by atoms with Crippen LogP contribution in [0, 0.1) is 5.92 Å². The summed E-state index contributed by atoms with van der Waals surface area (Å²) in [6.45, 7) is 4.73. The lowest BCUT2D eigenvalue weighted by Crippen LogP contribution is -2.22. The maximum atomic E-state index is 12.0. The Kier molecular flexibility index (Phi) is 7.02. The van der Waals surface area contributed by atoms with Gasteiger partial charge in [0.1, 0.15) is 5.75 Å². The number of carbonyl (C=O) groups is 1. The summed E-state index contributed by atoms with van der Waals surface area (Å²) in [4.78, 5) is 26.9. The highest BCUT2D eigenvalue weighted by Gasteiger charge is 2.05. The van der Waals surface area contributed by atoms with Crippen molar-refractivity contribution in [3.05, 3.63) is 64.1 Å². The van der Waals surface area contributed by atoms with Crippen LogP contribution in [-0.4, -0.2) is 24.6 Å². The molecule has 0 saturated carbocycles. The van der Waals surface area contributed by atoms with Crippen molar-refractivity contribution >= 4 is 12.0 Å². The average molecular weight is 356 g/mol. The molecule has 0 radical (unpaired) electrons. The lowest BCUT2D eigenvalue weighted by atomic mass is 10.2. The van der Waals surface area contributed by atoms with Gasteiger partial charge < -0.3 is 19.8 Å². The molecule has 1 heterocycles. The third kappa shape index (κ3) is 6.12. The van der Waals surface area contributed by atoms with Crippen molar-refractivity contribution in [2.24, 2.45) is 5.92 Å². The van der Waals surface area contributed by atoms with Crippen molar-refractivity contribution < 1.29 is 14.3 Å². The number of ether oxygens (including phenoxy) is 2. The molecule has 2 rings (SSSR count). The minimum Gasteiger partial charge on any atom is -0.497 e. The molecule has 1 amide bonds. The van der Waals surface area contributed by atoms with Crippen molar-refractivity contribution in [3.8, 4) is 11.5 Å². The number of aromatic nitrogens is 1. The monoisotopic (exact) mass is 356 g/mol. The highest BCUT2D eigenvalue weighted by Crippen LogP contribution is 2.13. The zero-order valence-corrected chi connectivity index (χ0v) is 15.2. The lowest BCUT2D eigenvalue weighted by molar-refractivity contribution is -0.116. The van der Waals surface area contributed by atoms with Gasteiger partial charge in [0.2, 0.25) is 11.3 Å². The smallest absolute Gasteiger partial charge is 0.244 e. The predicted molar refractivity (Wildman–Crippen MR) is 101 cm³/mol. The molecule has 1 aromatic heterocycles. The molecule has 0 fully saturated rings. The number of amides is 1. The normalized spacial score (nSPS) is 10.9. The number of hydrogen-bond acceptors (Lipinski definition) is 4. The van der Waals surface area contributed by atoms with Crippen LogP contribution in [0.2, 0.25) is 0 Å². The van der Waals surface area contributed by atoms with E-state index in [1.165, 1.54) is 18.3 Å². The Morgan fingerprint density at radius 1 is 1.31 bits per heavy atom. The number of pyridine rings is 1. The summed E-state index contributed by atoms with van der Waals surface area (Å²) in [5, 5.41) is 2.73. The molecule has 2 aromatic rings. The molecule has 2 N–H and O–H groups in total. The Labute approximate surface area is 152 Å². The zero-order chi connectivity index (χ0) is 18.9. The molecule has 0 aliphatic carbocycles. The number of H-pyrrole nitrogens is 1. The molecular formula is C20H24N2O4. The van der Waals surface area contributed by atoms with Crippen LogP contribution in [0.5, 0.6) is 11.5 Å². The van der Waals surface area contributed by atoms with Gasteiger partial charge in [-0.25, -0.2) is 0 Å². The number of rotatable bonds is 8. The van der Waals surface area contributed by atoms with E-state index in [-0.39, 0.29) is 23.6 Å². The predicted octanol–water partition coefficient (Wildman–Crippen LogP) is 2.75. The highest BCUT2D eigenvalue weighted by atomic mass is 16.5. The molecule has 26 heavy (non-hydrogen) atoms. The van der Waals surface area contributed by atoms with E-state index in [1.807, 2.05) is 38.1 Å². The van der Waals surface area contributed by atoms with Crippen molar-refractivity contribution in [1.29, 1.82) is 0 Å². The highest BCUT2D eigenvalue weighted by molar-refractivity contribution is 5.91. The molecule has 0 unspecified atom stereocenters. The second-order valence-electron chi connectivity index (χ2n) is 6.22. The minimum absolute atomic E-state index is 0.208. The fourth-order valence-corrected chi connectivity index (χ4v) is 2.13. The van der Waals surface area contributed by atoms with Gasteiger partial charge in [0, 0.05) is 24.0 Å². The topological polar surface area (TPSA) is 80.4 Å². The van der Waals surface area contributed by atoms with Crippen LogP contribution in [0.3, 0.4) is 0 Å². The Morgan fingerprint density at radius 2 is 2.12 bits per heavy atom. The van der Waals surface area contributed by atoms with Crippen molar-refractivity contribution in [2.45, 2.75) is 20.4 Å². The van der Waals surface area contributed by atoms with Gasteiger partial charge in [-0.3, -0.25) is 9.59 Å². The second kappa shape index (κ2) is 9.46. The van der Waals surface area contributed by atoms with Gasteiger partial charge in [0.05, 0.1) is 20.3 Å². The van der Waals surface area contributed by atoms with Gasteiger partial charge in [-0.15, -0.1) is 0 Å². The summed E-state index contributed by atoms with van der Waals surface area (Å²) >= 11 is 0. The van der Waals surface area contributed by atoms with Gasteiger partial charge in [-0.05, 0) is 29.7 Å². The number of benzene rings is 1. The standard InChI is InChI=1S/C20H24N2O4/c1-14(2)13-26-19-12-21-16(10-18(19)23)11-22-20(24)8-7-15-5-4-6-17(9-15)25-3/h4-10,12,14H,11,13H2,1-3H3,(H,21,23)(H,22,24)/b8-7+. The first-order chi connectivity index (χ1) is 12.5. The molecule has 0 saturated heterocycles. The van der Waals surface area contributed by atoms with Crippen LogP contribution in [0.1, 0.15) is 25.1 Å². The number of aromatic amines is 1. The van der Waals surface area contributed by atoms with Crippen LogP contribution >= 0.6 is 0 Å². The van der Waals surface area contributed by atoms with E-state index >= 15 is 0 Å². The minimum atomic E-state index is -0.256. The lowest BCUT2D eigenvalue weighted by Gasteiger charge is -2.09. The van der Waals surface area contributed by atoms with E-state index in [1.54, 1.807) is 13.2 Å². The molecule has 0 aliphatic rings. The Morgan fingerprint density at radius 3 is 2.81 bits per heavy atom. The van der Waals surface area contributed by atoms with Crippen LogP contribution in [0.25, 0.3) is 6.08 Å². The molecule has 0 spiro atoms. The van der Waals surface area contributed by atoms with Crippen molar-refractivity contribution in [3.63, 3.8) is 0 Å². The maximum Gasteiger partial charge on any atom is 0.244 e. The van der Waals surface area contributed by atoms with E-state index in [4.69, 9.17) is 9.47 Å². The number of hydrogen-bond donors (Lipinski definition) is 2. The fourth-order valence-electron chi connectivity index (χ4n) is 2.13. The molecule has 0 aliphatic heterocycles. The summed E-state index contributed by atoms with van der Waals surface area (Å²) in [6, 6.07) is 8.82. The summed E-state index contributed by atoms with van der Waals surface area (Å²) in [5.41, 5.74) is 1.26. The Bertz CT molecular complexity index is 825. The van der Waals surface area contributed by atoms with Crippen molar-refractivity contribution in [2.75, 3.05) is 13.7 Å². The summed E-state index contributed by atoms with van der Waals surface area (Å²) in [7, 11) is 1.59. The van der Waals surface area contributed by atoms with Crippen LogP contribution in [0.15, 0.2) is 47.4 Å². The second-order valence-corrected chi connectivity index (χ2v) is 6.22. The Balaban J connectivity index is 1.89. The van der Waals surface area contributed by atoms with Crippen LogP contribution in [0.4, 0.5) is 0 Å². The first-order valence-corrected chi connectivity index (χ1v) is 8.42. The van der Waals surface area contributed by atoms with Gasteiger partial charge in [-0.2, -0.15) is 0 Å². The molecule has 0 bridgehead atoms. The van der Waals surface area contributed by atoms with Gasteiger partial charge >= 0.3 is 0 Å². The first-order valence-electron chi connectivity index (χ1n) is 8.42. The Hall–Kier alpha value is -3.02. The summed E-state index contributed by atoms with van der Waals surface area (Å²) in [6.07, 6.45) is 4.66. The molecule has 138 valence electrons. The largest absolute Gasteiger partial charge is 0.497 e. The van der Waals surface area contributed by atoms with E-state index in [0.717, 1.165) is 11.3 Å². The molecule has 1 aromatic carbocycles. The fraction of sp³-hybridized carbons (Fsp3) is 0.300. The maximum absolute atomic E-state index is 12.0. The summed E-state index contributed by atoms with van der Waals surface area (Å²) in [5.74, 6) is 1.09. The molecule has 6 nitrogen and oxygen atoms in total. The van der Waals surface area contributed by atoms with Crippen LogP contribution in [-0.2, 0) is 11.3 Å². The van der Waals surface area contributed by atoms with Gasteiger partial charge in [0.25, 0.3) is 0 Å². The quantitative estimate of drug-likeness (QED) is 0.713. The number of carbonyl (C=O) groups excluding carboxylic acids is 1. The molecular weight excluding hydrogens is 332 g/mol. The van der Waals surface area contributed by atoms with Gasteiger partial charge in [0.15, 0.2) is 5.75 Å². The van der Waals surface area contributed by atoms with E-state index in [9.17, 15) is 9.59 Å². The SMILES string of the molecule is COc1cccc(/C=C/C(=O)NCc2cc(=O)c(OCC(C)C)c[nH]2)c1. The third-order valence-corrected chi connectivity index (χ3v) is 3.48. The van der Waals surface area contributed by atoms with Gasteiger partial charge in [-0.1, -0.05) is 26.0 Å². The summed E-state index contributed by atoms with van der Waals surface area (Å²) < 4.78 is 10.6. The van der Waals surface area contributed by atoms with E-state index in [2.05, 4.69) is 10.3 Å². The third-order valence-electron chi connectivity index (χ3n) is 3.48. The van der Waals surface area contributed by atoms with E-state index < -0.39 is 0 Å². The van der Waals surface area contributed by atoms with E-state index in [0.29, 0.717) is 18.2 Å². The van der Waals surface area contributed by atoms with Crippen LogP contribution < -0.4 is 20.2 Å². The zero-order valence-electron chi connectivity index (χ0n) is 15.2. The molecule has 6 heteroatoms. The number of nitrogens with one attached hydrogen (secondary N) is 2. The average Bonchev–Trinajstić information content (AvgIpc) is 2.64. The van der Waals surface area contributed by atoms with Crippen molar-refractivity contribution in [1.82, 2.24) is 10.3 Å². The first kappa shape index (κ1) is 19.3. The number of methoxy groups -OCH3 is 1.